The van der Waals surface area contributed by atoms with Crippen LogP contribution in [0.15, 0.2) is 40.6 Å². The normalized spacial score (nSPS) is 14.8. The quantitative estimate of drug-likeness (QED) is 0.602. The number of hydrogen-bond donors (Lipinski definition) is 1. The second-order valence-corrected chi connectivity index (χ2v) is 9.29. The average Bonchev–Trinajstić information content (AvgIpc) is 3.26. The fourth-order valence-electron chi connectivity index (χ4n) is 2.83. The topological polar surface area (TPSA) is 111 Å². The van der Waals surface area contributed by atoms with E-state index in [1.54, 1.807) is 6.07 Å². The van der Waals surface area contributed by atoms with Gasteiger partial charge in [-0.3, -0.25) is 9.59 Å². The number of sulfonamides is 1. The number of carbonyl (C=O) groups is 2. The van der Waals surface area contributed by atoms with Crippen LogP contribution in [0, 0.1) is 0 Å². The molecule has 1 aromatic carbocycles. The molecule has 3 rings (SSSR count). The van der Waals surface area contributed by atoms with Crippen molar-refractivity contribution in [2.75, 3.05) is 45.3 Å². The summed E-state index contributed by atoms with van der Waals surface area (Å²) in [5.41, 5.74) is 0.252. The minimum Gasteiger partial charge on any atom is -0.495 e. The highest BCUT2D eigenvalue weighted by atomic mass is 32.2. The molecule has 2 heterocycles. The number of thiophene rings is 1. The molecule has 9 nitrogen and oxygen atoms in total. The van der Waals surface area contributed by atoms with Crippen LogP contribution in [0.4, 0.5) is 5.69 Å². The number of nitrogens with one attached hydrogen (secondary N) is 1. The monoisotopic (exact) mass is 454 g/mol. The van der Waals surface area contributed by atoms with Crippen molar-refractivity contribution in [1.82, 2.24) is 4.31 Å². The van der Waals surface area contributed by atoms with Crippen molar-refractivity contribution < 1.29 is 32.2 Å². The summed E-state index contributed by atoms with van der Waals surface area (Å²) in [7, 11) is -2.45. The van der Waals surface area contributed by atoms with Gasteiger partial charge in [0.25, 0.3) is 5.91 Å². The van der Waals surface area contributed by atoms with E-state index in [0.29, 0.717) is 13.2 Å². The van der Waals surface area contributed by atoms with Crippen LogP contribution in [0.2, 0.25) is 0 Å². The van der Waals surface area contributed by atoms with Crippen molar-refractivity contribution in [3.05, 3.63) is 40.6 Å². The standard InChI is InChI=1S/C19H22N2O7S2/c1-26-16-5-4-14(11-17(16)30(24,25)21-6-8-27-9-7-21)20-18(22)13-28-19(23)12-15-3-2-10-29-15/h2-5,10-11H,6-9,12-13H2,1H3,(H,20,22). The molecule has 1 aliphatic rings. The highest BCUT2D eigenvalue weighted by Gasteiger charge is 2.29. The molecular formula is C19H22N2O7S2. The van der Waals surface area contributed by atoms with Crippen LogP contribution in [-0.4, -0.2) is 64.6 Å². The molecule has 0 radical (unpaired) electrons. The van der Waals surface area contributed by atoms with E-state index in [1.165, 1.54) is 41.0 Å². The summed E-state index contributed by atoms with van der Waals surface area (Å²) in [4.78, 5) is 24.7. The van der Waals surface area contributed by atoms with Crippen LogP contribution >= 0.6 is 11.3 Å². The van der Waals surface area contributed by atoms with Crippen molar-refractivity contribution in [2.24, 2.45) is 0 Å². The van der Waals surface area contributed by atoms with Crippen molar-refractivity contribution >= 4 is 38.9 Å². The van der Waals surface area contributed by atoms with Gasteiger partial charge in [0, 0.05) is 23.7 Å². The molecule has 0 aliphatic carbocycles. The number of benzene rings is 1. The Morgan fingerprint density at radius 3 is 2.67 bits per heavy atom. The second-order valence-electron chi connectivity index (χ2n) is 6.35. The van der Waals surface area contributed by atoms with Gasteiger partial charge in [-0.1, -0.05) is 6.07 Å². The van der Waals surface area contributed by atoms with Crippen LogP contribution < -0.4 is 10.1 Å². The van der Waals surface area contributed by atoms with Crippen molar-refractivity contribution in [3.8, 4) is 5.75 Å². The van der Waals surface area contributed by atoms with Gasteiger partial charge in [-0.2, -0.15) is 4.31 Å². The van der Waals surface area contributed by atoms with Crippen molar-refractivity contribution in [2.45, 2.75) is 11.3 Å². The van der Waals surface area contributed by atoms with E-state index in [0.717, 1.165) is 4.88 Å². The first-order chi connectivity index (χ1) is 14.4. The molecule has 1 aliphatic heterocycles. The van der Waals surface area contributed by atoms with Crippen LogP contribution in [0.1, 0.15) is 4.88 Å². The van der Waals surface area contributed by atoms with Crippen LogP contribution in [0.5, 0.6) is 5.75 Å². The summed E-state index contributed by atoms with van der Waals surface area (Å²) >= 11 is 1.43. The number of nitrogens with zero attached hydrogens (tertiary/aromatic N) is 1. The van der Waals surface area contributed by atoms with Gasteiger partial charge < -0.3 is 19.5 Å². The molecule has 0 atom stereocenters. The van der Waals surface area contributed by atoms with E-state index in [2.05, 4.69) is 5.32 Å². The van der Waals surface area contributed by atoms with Crippen LogP contribution in [0.3, 0.4) is 0 Å². The number of carbonyl (C=O) groups excluding carboxylic acids is 2. The van der Waals surface area contributed by atoms with Crippen molar-refractivity contribution in [1.29, 1.82) is 0 Å². The minimum atomic E-state index is -3.83. The first-order valence-corrected chi connectivity index (χ1v) is 11.5. The van der Waals surface area contributed by atoms with Gasteiger partial charge in [-0.05, 0) is 29.6 Å². The number of amides is 1. The molecule has 11 heteroatoms. The van der Waals surface area contributed by atoms with Gasteiger partial charge >= 0.3 is 5.97 Å². The molecule has 30 heavy (non-hydrogen) atoms. The van der Waals surface area contributed by atoms with Gasteiger partial charge in [-0.15, -0.1) is 11.3 Å². The van der Waals surface area contributed by atoms with E-state index in [-0.39, 0.29) is 35.8 Å². The number of methoxy groups -OCH3 is 1. The molecule has 2 aromatic rings. The predicted molar refractivity (Wildman–Crippen MR) is 110 cm³/mol. The molecule has 1 aromatic heterocycles. The van der Waals surface area contributed by atoms with Gasteiger partial charge in [0.15, 0.2) is 6.61 Å². The largest absolute Gasteiger partial charge is 0.495 e. The fraction of sp³-hybridized carbons (Fsp3) is 0.368. The Bertz CT molecular complexity index is 984. The lowest BCUT2D eigenvalue weighted by Crippen LogP contribution is -2.40. The number of ether oxygens (including phenoxy) is 3. The maximum absolute atomic E-state index is 13.0. The summed E-state index contributed by atoms with van der Waals surface area (Å²) in [6.07, 6.45) is 0.0927. The Kier molecular flexibility index (Phi) is 7.43. The van der Waals surface area contributed by atoms with Gasteiger partial charge in [0.2, 0.25) is 10.0 Å². The highest BCUT2D eigenvalue weighted by molar-refractivity contribution is 7.89. The van der Waals surface area contributed by atoms with Gasteiger partial charge in [0.05, 0.1) is 26.7 Å². The number of anilines is 1. The Balaban J connectivity index is 1.65. The molecule has 0 spiro atoms. The summed E-state index contributed by atoms with van der Waals surface area (Å²) < 4.78 is 42.7. The third kappa shape index (κ3) is 5.57. The first kappa shape index (κ1) is 22.2. The molecule has 0 bridgehead atoms. The molecular weight excluding hydrogens is 432 g/mol. The smallest absolute Gasteiger partial charge is 0.311 e. The molecule has 1 saturated heterocycles. The Morgan fingerprint density at radius 2 is 2.00 bits per heavy atom. The average molecular weight is 455 g/mol. The Morgan fingerprint density at radius 1 is 1.23 bits per heavy atom. The van der Waals surface area contributed by atoms with Gasteiger partial charge in [0.1, 0.15) is 10.6 Å². The van der Waals surface area contributed by atoms with E-state index < -0.39 is 28.5 Å². The fourth-order valence-corrected chi connectivity index (χ4v) is 5.11. The third-order valence-electron chi connectivity index (χ3n) is 4.30. The molecule has 0 unspecified atom stereocenters. The molecule has 1 fully saturated rings. The van der Waals surface area contributed by atoms with E-state index in [4.69, 9.17) is 14.2 Å². The summed E-state index contributed by atoms with van der Waals surface area (Å²) in [5, 5.41) is 4.39. The minimum absolute atomic E-state index is 0.0561. The lowest BCUT2D eigenvalue weighted by molar-refractivity contribution is -0.146. The van der Waals surface area contributed by atoms with E-state index >= 15 is 0 Å². The summed E-state index contributed by atoms with van der Waals surface area (Å²) in [6.45, 7) is 0.635. The van der Waals surface area contributed by atoms with E-state index in [1.807, 2.05) is 11.4 Å². The zero-order valence-corrected chi connectivity index (χ0v) is 18.0. The third-order valence-corrected chi connectivity index (χ3v) is 7.09. The maximum atomic E-state index is 13.0. The number of hydrogen-bond acceptors (Lipinski definition) is 8. The zero-order chi connectivity index (χ0) is 21.6. The lowest BCUT2D eigenvalue weighted by Gasteiger charge is -2.26. The second kappa shape index (κ2) is 10.0. The SMILES string of the molecule is COc1ccc(NC(=O)COC(=O)Cc2cccs2)cc1S(=O)(=O)N1CCOCC1. The van der Waals surface area contributed by atoms with E-state index in [9.17, 15) is 18.0 Å². The summed E-state index contributed by atoms with van der Waals surface area (Å²) in [5.74, 6) is -0.922. The molecule has 0 saturated carbocycles. The number of esters is 1. The van der Waals surface area contributed by atoms with Crippen LogP contribution in [-0.2, 0) is 35.5 Å². The first-order valence-electron chi connectivity index (χ1n) is 9.14. The molecule has 1 amide bonds. The predicted octanol–water partition coefficient (Wildman–Crippen LogP) is 1.50. The zero-order valence-electron chi connectivity index (χ0n) is 16.3. The molecule has 162 valence electrons. The highest BCUT2D eigenvalue weighted by Crippen LogP contribution is 2.30. The van der Waals surface area contributed by atoms with Crippen molar-refractivity contribution in [3.63, 3.8) is 0 Å². The number of morpholine rings is 1. The summed E-state index contributed by atoms with van der Waals surface area (Å²) in [6, 6.07) is 7.94. The Hall–Kier alpha value is -2.47. The Labute approximate surface area is 178 Å². The number of rotatable bonds is 8. The maximum Gasteiger partial charge on any atom is 0.311 e. The lowest BCUT2D eigenvalue weighted by atomic mass is 10.3. The van der Waals surface area contributed by atoms with Crippen LogP contribution in [0.25, 0.3) is 0 Å². The molecule has 1 N–H and O–H groups in total. The van der Waals surface area contributed by atoms with Gasteiger partial charge in [-0.25, -0.2) is 8.42 Å².